The van der Waals surface area contributed by atoms with Crippen LogP contribution in [-0.2, 0) is 16.1 Å². The van der Waals surface area contributed by atoms with Gasteiger partial charge < -0.3 is 10.2 Å². The molecular formula is C31H35ClN2O2. The van der Waals surface area contributed by atoms with Gasteiger partial charge in [-0.05, 0) is 48.6 Å². The highest BCUT2D eigenvalue weighted by molar-refractivity contribution is 6.30. The Hall–Kier alpha value is -3.11. The Morgan fingerprint density at radius 3 is 1.97 bits per heavy atom. The molecule has 188 valence electrons. The van der Waals surface area contributed by atoms with Gasteiger partial charge in [-0.25, -0.2) is 0 Å². The number of benzene rings is 3. The number of hydrogen-bond acceptors (Lipinski definition) is 2. The Labute approximate surface area is 219 Å². The molecule has 0 radical (unpaired) electrons. The maximum absolute atomic E-state index is 13.9. The Morgan fingerprint density at radius 2 is 1.42 bits per heavy atom. The maximum Gasteiger partial charge on any atom is 0.242 e. The van der Waals surface area contributed by atoms with Crippen molar-refractivity contribution in [2.45, 2.75) is 70.0 Å². The van der Waals surface area contributed by atoms with Gasteiger partial charge in [-0.1, -0.05) is 104 Å². The van der Waals surface area contributed by atoms with E-state index in [0.717, 1.165) is 42.4 Å². The fourth-order valence-corrected chi connectivity index (χ4v) is 5.15. The van der Waals surface area contributed by atoms with E-state index in [-0.39, 0.29) is 30.2 Å². The van der Waals surface area contributed by atoms with E-state index in [0.29, 0.717) is 11.6 Å². The first-order valence-corrected chi connectivity index (χ1v) is 13.3. The number of nitrogens with one attached hydrogen (secondary N) is 1. The molecule has 1 atom stereocenters. The van der Waals surface area contributed by atoms with Gasteiger partial charge in [0.25, 0.3) is 0 Å². The molecule has 1 aliphatic rings. The Kier molecular flexibility index (Phi) is 9.18. The SMILES string of the molecule is C[C@H](C(=O)NC1CCCCC1)N(Cc1ccc(Cl)cc1)C(=O)CC(c1ccccc1)c1ccccc1. The standard InChI is InChI=1S/C31H35ClN2O2/c1-23(31(36)33-28-15-9-4-10-16-28)34(22-24-17-19-27(32)20-18-24)30(35)21-29(25-11-5-2-6-12-25)26-13-7-3-8-14-26/h2-3,5-8,11-14,17-20,23,28-29H,4,9-10,15-16,21-22H2,1H3,(H,33,36)/t23-/m1/s1. The number of nitrogens with zero attached hydrogens (tertiary/aromatic N) is 1. The highest BCUT2D eigenvalue weighted by atomic mass is 35.5. The van der Waals surface area contributed by atoms with Gasteiger partial charge >= 0.3 is 0 Å². The topological polar surface area (TPSA) is 49.4 Å². The molecule has 0 spiro atoms. The average molecular weight is 503 g/mol. The summed E-state index contributed by atoms with van der Waals surface area (Å²) < 4.78 is 0. The van der Waals surface area contributed by atoms with Crippen molar-refractivity contribution >= 4 is 23.4 Å². The van der Waals surface area contributed by atoms with Crippen LogP contribution in [0.2, 0.25) is 5.02 Å². The second-order valence-electron chi connectivity index (χ2n) is 9.75. The van der Waals surface area contributed by atoms with Gasteiger partial charge in [-0.15, -0.1) is 0 Å². The van der Waals surface area contributed by atoms with Crippen LogP contribution in [-0.4, -0.2) is 28.8 Å². The van der Waals surface area contributed by atoms with Crippen LogP contribution in [0.4, 0.5) is 0 Å². The number of carbonyl (C=O) groups excluding carboxylic acids is 2. The molecular weight excluding hydrogens is 468 g/mol. The molecule has 0 saturated heterocycles. The van der Waals surface area contributed by atoms with E-state index < -0.39 is 6.04 Å². The van der Waals surface area contributed by atoms with Crippen LogP contribution in [0.3, 0.4) is 0 Å². The van der Waals surface area contributed by atoms with Crippen LogP contribution in [0.5, 0.6) is 0 Å². The number of hydrogen-bond donors (Lipinski definition) is 1. The minimum Gasteiger partial charge on any atom is -0.352 e. The predicted octanol–water partition coefficient (Wildman–Crippen LogP) is 6.73. The van der Waals surface area contributed by atoms with E-state index in [1.807, 2.05) is 67.6 Å². The molecule has 0 aromatic heterocycles. The monoisotopic (exact) mass is 502 g/mol. The normalized spacial score (nSPS) is 14.9. The van der Waals surface area contributed by atoms with Crippen LogP contribution in [0, 0.1) is 0 Å². The second-order valence-corrected chi connectivity index (χ2v) is 10.2. The third-order valence-corrected chi connectivity index (χ3v) is 7.42. The minimum absolute atomic E-state index is 0.0473. The zero-order chi connectivity index (χ0) is 25.3. The minimum atomic E-state index is -0.581. The fourth-order valence-electron chi connectivity index (χ4n) is 5.03. The van der Waals surface area contributed by atoms with Crippen molar-refractivity contribution in [1.29, 1.82) is 0 Å². The highest BCUT2D eigenvalue weighted by Gasteiger charge is 2.30. The van der Waals surface area contributed by atoms with Crippen molar-refractivity contribution in [3.63, 3.8) is 0 Å². The summed E-state index contributed by atoms with van der Waals surface area (Å²) in [6, 6.07) is 27.3. The van der Waals surface area contributed by atoms with Gasteiger partial charge in [-0.3, -0.25) is 9.59 Å². The van der Waals surface area contributed by atoms with Crippen LogP contribution in [0.1, 0.15) is 68.1 Å². The van der Waals surface area contributed by atoms with Gasteiger partial charge in [0, 0.05) is 29.9 Å². The summed E-state index contributed by atoms with van der Waals surface area (Å²) in [5.74, 6) is -0.227. The lowest BCUT2D eigenvalue weighted by Gasteiger charge is -2.32. The molecule has 36 heavy (non-hydrogen) atoms. The van der Waals surface area contributed by atoms with Crippen LogP contribution in [0.15, 0.2) is 84.9 Å². The first-order valence-electron chi connectivity index (χ1n) is 13.0. The third-order valence-electron chi connectivity index (χ3n) is 7.17. The van der Waals surface area contributed by atoms with Crippen molar-refractivity contribution in [1.82, 2.24) is 10.2 Å². The van der Waals surface area contributed by atoms with Crippen molar-refractivity contribution in [2.75, 3.05) is 0 Å². The molecule has 2 amide bonds. The maximum atomic E-state index is 13.9. The molecule has 4 nitrogen and oxygen atoms in total. The lowest BCUT2D eigenvalue weighted by molar-refractivity contribution is -0.141. The van der Waals surface area contributed by atoms with Crippen LogP contribution in [0.25, 0.3) is 0 Å². The molecule has 1 aliphatic carbocycles. The van der Waals surface area contributed by atoms with E-state index >= 15 is 0 Å². The zero-order valence-corrected chi connectivity index (χ0v) is 21.7. The summed E-state index contributed by atoms with van der Waals surface area (Å²) in [6.07, 6.45) is 5.80. The van der Waals surface area contributed by atoms with Crippen molar-refractivity contribution in [3.8, 4) is 0 Å². The van der Waals surface area contributed by atoms with E-state index in [1.165, 1.54) is 6.42 Å². The number of carbonyl (C=O) groups is 2. The van der Waals surface area contributed by atoms with E-state index in [2.05, 4.69) is 29.6 Å². The largest absolute Gasteiger partial charge is 0.352 e. The highest BCUT2D eigenvalue weighted by Crippen LogP contribution is 2.29. The summed E-state index contributed by atoms with van der Waals surface area (Å²) in [6.45, 7) is 2.19. The summed E-state index contributed by atoms with van der Waals surface area (Å²) in [7, 11) is 0. The molecule has 1 fully saturated rings. The Bertz CT molecular complexity index is 1070. The third kappa shape index (κ3) is 6.98. The average Bonchev–Trinajstić information content (AvgIpc) is 2.92. The molecule has 4 rings (SSSR count). The van der Waals surface area contributed by atoms with Gasteiger partial charge in [-0.2, -0.15) is 0 Å². The van der Waals surface area contributed by atoms with E-state index in [4.69, 9.17) is 11.6 Å². The Balaban J connectivity index is 1.58. The zero-order valence-electron chi connectivity index (χ0n) is 20.9. The quantitative estimate of drug-likeness (QED) is 0.352. The molecule has 1 saturated carbocycles. The summed E-state index contributed by atoms with van der Waals surface area (Å²) in [4.78, 5) is 29.0. The molecule has 5 heteroatoms. The first-order chi connectivity index (χ1) is 17.5. The lowest BCUT2D eigenvalue weighted by atomic mass is 9.88. The molecule has 0 aliphatic heterocycles. The smallest absolute Gasteiger partial charge is 0.242 e. The Morgan fingerprint density at radius 1 is 0.861 bits per heavy atom. The van der Waals surface area contributed by atoms with Crippen LogP contribution >= 0.6 is 11.6 Å². The number of halogens is 1. The van der Waals surface area contributed by atoms with Crippen molar-refractivity contribution in [3.05, 3.63) is 107 Å². The molecule has 0 unspecified atom stereocenters. The molecule has 3 aromatic carbocycles. The van der Waals surface area contributed by atoms with Crippen molar-refractivity contribution < 1.29 is 9.59 Å². The van der Waals surface area contributed by atoms with Crippen LogP contribution < -0.4 is 5.32 Å². The van der Waals surface area contributed by atoms with Crippen molar-refractivity contribution in [2.24, 2.45) is 0 Å². The van der Waals surface area contributed by atoms with E-state index in [1.54, 1.807) is 4.90 Å². The van der Waals surface area contributed by atoms with Gasteiger partial charge in [0.15, 0.2) is 0 Å². The fraction of sp³-hybridized carbons (Fsp3) is 0.355. The molecule has 1 N–H and O–H groups in total. The molecule has 3 aromatic rings. The van der Waals surface area contributed by atoms with E-state index in [9.17, 15) is 9.59 Å². The first kappa shape index (κ1) is 26.0. The van der Waals surface area contributed by atoms with Gasteiger partial charge in [0.05, 0.1) is 0 Å². The van der Waals surface area contributed by atoms with Gasteiger partial charge in [0.1, 0.15) is 6.04 Å². The molecule has 0 heterocycles. The summed E-state index contributed by atoms with van der Waals surface area (Å²) in [5.41, 5.74) is 3.12. The van der Waals surface area contributed by atoms with Gasteiger partial charge in [0.2, 0.25) is 11.8 Å². The second kappa shape index (κ2) is 12.7. The summed E-state index contributed by atoms with van der Waals surface area (Å²) >= 11 is 6.09. The number of amides is 2. The lowest BCUT2D eigenvalue weighted by Crippen LogP contribution is -2.50. The summed E-state index contributed by atoms with van der Waals surface area (Å²) in [5, 5.41) is 3.86. The molecule has 0 bridgehead atoms. The predicted molar refractivity (Wildman–Crippen MR) is 146 cm³/mol. The number of rotatable bonds is 9.